The van der Waals surface area contributed by atoms with Crippen molar-refractivity contribution in [2.24, 2.45) is 0 Å². The van der Waals surface area contributed by atoms with Gasteiger partial charge in [-0.1, -0.05) is 24.3 Å². The highest BCUT2D eigenvalue weighted by Crippen LogP contribution is 2.16. The van der Waals surface area contributed by atoms with Gasteiger partial charge in [-0.05, 0) is 56.3 Å². The Morgan fingerprint density at radius 3 is 2.36 bits per heavy atom. The molecule has 2 N–H and O–H groups in total. The Morgan fingerprint density at radius 2 is 1.64 bits per heavy atom. The molecule has 132 valence electrons. The zero-order valence-corrected chi connectivity index (χ0v) is 14.6. The number of hydrogen-bond donors (Lipinski definition) is 2. The van der Waals surface area contributed by atoms with E-state index in [0.29, 0.717) is 16.8 Å². The summed E-state index contributed by atoms with van der Waals surface area (Å²) in [4.78, 5) is 24.4. The average molecular weight is 361 g/mol. The van der Waals surface area contributed by atoms with Crippen molar-refractivity contribution in [3.8, 4) is 0 Å². The Morgan fingerprint density at radius 1 is 0.960 bits per heavy atom. The minimum atomic E-state index is -0.349. The zero-order chi connectivity index (χ0) is 16.8. The van der Waals surface area contributed by atoms with Crippen LogP contribution in [0.25, 0.3) is 0 Å². The molecule has 2 aromatic carbocycles. The van der Waals surface area contributed by atoms with E-state index in [-0.39, 0.29) is 30.4 Å². The molecule has 1 saturated heterocycles. The lowest BCUT2D eigenvalue weighted by atomic mass is 10.1. The molecular formula is C19H21ClN2O3. The van der Waals surface area contributed by atoms with Gasteiger partial charge < -0.3 is 15.4 Å². The van der Waals surface area contributed by atoms with Gasteiger partial charge in [-0.25, -0.2) is 4.79 Å². The van der Waals surface area contributed by atoms with Gasteiger partial charge in [0.2, 0.25) is 0 Å². The molecule has 0 aromatic heterocycles. The lowest BCUT2D eigenvalue weighted by Gasteiger charge is -2.22. The van der Waals surface area contributed by atoms with E-state index in [4.69, 9.17) is 4.74 Å². The lowest BCUT2D eigenvalue weighted by Crippen LogP contribution is -2.33. The summed E-state index contributed by atoms with van der Waals surface area (Å²) in [6.45, 7) is 1.73. The van der Waals surface area contributed by atoms with Crippen LogP contribution in [0.4, 0.5) is 5.69 Å². The Kier molecular flexibility index (Phi) is 6.98. The third kappa shape index (κ3) is 5.31. The van der Waals surface area contributed by atoms with Crippen molar-refractivity contribution in [3.63, 3.8) is 0 Å². The maximum atomic E-state index is 12.3. The van der Waals surface area contributed by atoms with Crippen LogP contribution < -0.4 is 10.6 Å². The summed E-state index contributed by atoms with van der Waals surface area (Å²) in [7, 11) is 0. The number of carbonyl (C=O) groups is 2. The van der Waals surface area contributed by atoms with E-state index in [1.165, 1.54) is 0 Å². The summed E-state index contributed by atoms with van der Waals surface area (Å²) in [6, 6.07) is 15.8. The second-order valence-electron chi connectivity index (χ2n) is 5.76. The van der Waals surface area contributed by atoms with Crippen molar-refractivity contribution in [1.29, 1.82) is 0 Å². The Labute approximate surface area is 153 Å². The highest BCUT2D eigenvalue weighted by molar-refractivity contribution is 6.04. The third-order valence-electron chi connectivity index (χ3n) is 3.95. The molecule has 25 heavy (non-hydrogen) atoms. The fourth-order valence-electron chi connectivity index (χ4n) is 2.65. The third-order valence-corrected chi connectivity index (χ3v) is 3.95. The molecule has 0 radical (unpaired) electrons. The van der Waals surface area contributed by atoms with Crippen LogP contribution in [0.5, 0.6) is 0 Å². The standard InChI is InChI=1S/C19H20N2O3.ClH/c22-18(14-5-2-1-3-6-14)21-16-8-4-7-15(13-16)19(23)24-17-9-11-20-12-10-17;/h1-8,13,17,20H,9-12H2,(H,21,22);1H. The quantitative estimate of drug-likeness (QED) is 0.821. The predicted molar refractivity (Wildman–Crippen MR) is 99.4 cm³/mol. The van der Waals surface area contributed by atoms with Gasteiger partial charge in [-0.3, -0.25) is 4.79 Å². The summed E-state index contributed by atoms with van der Waals surface area (Å²) in [5.74, 6) is -0.558. The van der Waals surface area contributed by atoms with E-state index in [1.807, 2.05) is 18.2 Å². The van der Waals surface area contributed by atoms with Crippen molar-refractivity contribution < 1.29 is 14.3 Å². The van der Waals surface area contributed by atoms with E-state index < -0.39 is 0 Å². The van der Waals surface area contributed by atoms with E-state index in [1.54, 1.807) is 36.4 Å². The minimum Gasteiger partial charge on any atom is -0.459 e. The summed E-state index contributed by atoms with van der Waals surface area (Å²) in [5, 5.41) is 6.04. The highest BCUT2D eigenvalue weighted by Gasteiger charge is 2.18. The van der Waals surface area contributed by atoms with Crippen LogP contribution in [0.3, 0.4) is 0 Å². The van der Waals surface area contributed by atoms with Gasteiger partial charge in [0.05, 0.1) is 5.56 Å². The molecule has 0 bridgehead atoms. The zero-order valence-electron chi connectivity index (χ0n) is 13.7. The van der Waals surface area contributed by atoms with E-state index in [9.17, 15) is 9.59 Å². The van der Waals surface area contributed by atoms with Crippen LogP contribution >= 0.6 is 12.4 Å². The van der Waals surface area contributed by atoms with Crippen molar-refractivity contribution in [3.05, 3.63) is 65.7 Å². The fraction of sp³-hybridized carbons (Fsp3) is 0.263. The molecule has 2 aromatic rings. The smallest absolute Gasteiger partial charge is 0.338 e. The van der Waals surface area contributed by atoms with Crippen molar-refractivity contribution in [2.75, 3.05) is 18.4 Å². The number of rotatable bonds is 4. The number of nitrogens with one attached hydrogen (secondary N) is 2. The molecule has 1 fully saturated rings. The molecule has 1 aliphatic heterocycles. The highest BCUT2D eigenvalue weighted by atomic mass is 35.5. The van der Waals surface area contributed by atoms with Crippen molar-refractivity contribution >= 4 is 30.0 Å². The van der Waals surface area contributed by atoms with Crippen molar-refractivity contribution in [2.45, 2.75) is 18.9 Å². The number of benzene rings is 2. The monoisotopic (exact) mass is 360 g/mol. The number of halogens is 1. The molecule has 5 nitrogen and oxygen atoms in total. The molecule has 6 heteroatoms. The van der Waals surface area contributed by atoms with Crippen LogP contribution in [-0.4, -0.2) is 31.1 Å². The van der Waals surface area contributed by atoms with Gasteiger partial charge in [-0.2, -0.15) is 0 Å². The van der Waals surface area contributed by atoms with Gasteiger partial charge in [0.15, 0.2) is 0 Å². The first-order valence-electron chi connectivity index (χ1n) is 8.10. The molecule has 0 aliphatic carbocycles. The number of hydrogen-bond acceptors (Lipinski definition) is 4. The molecule has 0 saturated carbocycles. The first-order valence-corrected chi connectivity index (χ1v) is 8.10. The second kappa shape index (κ2) is 9.20. The Hall–Kier alpha value is -2.37. The summed E-state index contributed by atoms with van der Waals surface area (Å²) >= 11 is 0. The van der Waals surface area contributed by atoms with E-state index in [0.717, 1.165) is 25.9 Å². The van der Waals surface area contributed by atoms with Crippen LogP contribution in [0, 0.1) is 0 Å². The average Bonchev–Trinajstić information content (AvgIpc) is 2.63. The number of esters is 1. The molecule has 0 unspecified atom stereocenters. The van der Waals surface area contributed by atoms with Gasteiger partial charge >= 0.3 is 5.97 Å². The molecule has 3 rings (SSSR count). The van der Waals surface area contributed by atoms with Crippen LogP contribution in [0.2, 0.25) is 0 Å². The Balaban J connectivity index is 0.00000225. The largest absolute Gasteiger partial charge is 0.459 e. The number of anilines is 1. The van der Waals surface area contributed by atoms with Gasteiger partial charge in [-0.15, -0.1) is 12.4 Å². The molecule has 1 aliphatic rings. The number of ether oxygens (including phenoxy) is 1. The van der Waals surface area contributed by atoms with Crippen LogP contribution in [0.1, 0.15) is 33.6 Å². The van der Waals surface area contributed by atoms with Gasteiger partial charge in [0.1, 0.15) is 6.10 Å². The van der Waals surface area contributed by atoms with E-state index in [2.05, 4.69) is 10.6 Å². The summed E-state index contributed by atoms with van der Waals surface area (Å²) < 4.78 is 5.53. The normalized spacial score (nSPS) is 14.2. The number of carbonyl (C=O) groups excluding carboxylic acids is 2. The SMILES string of the molecule is Cl.O=C(Nc1cccc(C(=O)OC2CCNCC2)c1)c1ccccc1. The maximum absolute atomic E-state index is 12.3. The minimum absolute atomic E-state index is 0. The summed E-state index contributed by atoms with van der Waals surface area (Å²) in [5.41, 5.74) is 1.59. The lowest BCUT2D eigenvalue weighted by molar-refractivity contribution is 0.0229. The maximum Gasteiger partial charge on any atom is 0.338 e. The Bertz CT molecular complexity index is 716. The number of piperidine rings is 1. The second-order valence-corrected chi connectivity index (χ2v) is 5.76. The van der Waals surface area contributed by atoms with E-state index >= 15 is 0 Å². The fourth-order valence-corrected chi connectivity index (χ4v) is 2.65. The number of amides is 1. The first kappa shape index (κ1) is 19.0. The molecular weight excluding hydrogens is 340 g/mol. The first-order chi connectivity index (χ1) is 11.7. The summed E-state index contributed by atoms with van der Waals surface area (Å²) in [6.07, 6.45) is 1.62. The molecule has 0 spiro atoms. The predicted octanol–water partition coefficient (Wildman–Crippen LogP) is 3.27. The molecule has 1 amide bonds. The van der Waals surface area contributed by atoms with Gasteiger partial charge in [0, 0.05) is 11.3 Å². The van der Waals surface area contributed by atoms with Gasteiger partial charge in [0.25, 0.3) is 5.91 Å². The van der Waals surface area contributed by atoms with Crippen LogP contribution in [0.15, 0.2) is 54.6 Å². The van der Waals surface area contributed by atoms with Crippen LogP contribution in [-0.2, 0) is 4.74 Å². The molecule has 1 heterocycles. The molecule has 0 atom stereocenters. The van der Waals surface area contributed by atoms with Crippen molar-refractivity contribution in [1.82, 2.24) is 5.32 Å². The topological polar surface area (TPSA) is 67.4 Å².